The molecule has 0 fully saturated rings. The third kappa shape index (κ3) is 5.16. The van der Waals surface area contributed by atoms with Gasteiger partial charge in [0.25, 0.3) is 5.91 Å². The minimum atomic E-state index is -0.127. The quantitative estimate of drug-likeness (QED) is 0.347. The van der Waals surface area contributed by atoms with Gasteiger partial charge in [0, 0.05) is 16.4 Å². The van der Waals surface area contributed by atoms with Gasteiger partial charge in [0.15, 0.2) is 4.34 Å². The monoisotopic (exact) mass is 459 g/mol. The lowest BCUT2D eigenvalue weighted by Crippen LogP contribution is -2.13. The summed E-state index contributed by atoms with van der Waals surface area (Å²) in [7, 11) is 0. The van der Waals surface area contributed by atoms with Crippen molar-refractivity contribution >= 4 is 79.4 Å². The van der Waals surface area contributed by atoms with Crippen LogP contribution >= 0.6 is 46.0 Å². The highest BCUT2D eigenvalue weighted by atomic mass is 35.5. The Labute approximate surface area is 184 Å². The van der Waals surface area contributed by atoms with E-state index in [4.69, 9.17) is 11.6 Å². The molecule has 4 rings (SSSR count). The minimum Gasteiger partial charge on any atom is -0.325 e. The Morgan fingerprint density at radius 3 is 2.59 bits per heavy atom. The Balaban J connectivity index is 1.37. The van der Waals surface area contributed by atoms with Gasteiger partial charge in [-0.25, -0.2) is 4.98 Å². The Morgan fingerprint density at radius 1 is 1.03 bits per heavy atom. The van der Waals surface area contributed by atoms with E-state index in [2.05, 4.69) is 15.6 Å². The van der Waals surface area contributed by atoms with Crippen LogP contribution in [0.1, 0.15) is 9.67 Å². The number of halogens is 1. The van der Waals surface area contributed by atoms with Crippen LogP contribution in [0.25, 0.3) is 10.2 Å². The second kappa shape index (κ2) is 8.96. The van der Waals surface area contributed by atoms with Gasteiger partial charge in [-0.2, -0.15) is 0 Å². The largest absolute Gasteiger partial charge is 0.325 e. The Morgan fingerprint density at radius 2 is 1.83 bits per heavy atom. The number of nitrogens with zero attached hydrogens (tertiary/aromatic N) is 1. The average Bonchev–Trinajstić information content (AvgIpc) is 3.37. The first-order valence-electron chi connectivity index (χ1n) is 8.50. The molecule has 4 aromatic rings. The van der Waals surface area contributed by atoms with Gasteiger partial charge in [0.2, 0.25) is 5.91 Å². The number of rotatable bonds is 6. The predicted molar refractivity (Wildman–Crippen MR) is 123 cm³/mol. The summed E-state index contributed by atoms with van der Waals surface area (Å²) in [6.45, 7) is 0. The molecule has 29 heavy (non-hydrogen) atoms. The number of nitrogens with one attached hydrogen (secondary N) is 2. The summed E-state index contributed by atoms with van der Waals surface area (Å²) in [5, 5.41) is 8.22. The average molecular weight is 460 g/mol. The van der Waals surface area contributed by atoms with E-state index in [-0.39, 0.29) is 17.6 Å². The van der Waals surface area contributed by atoms with Crippen LogP contribution in [0.2, 0.25) is 5.02 Å². The molecule has 2 N–H and O–H groups in total. The van der Waals surface area contributed by atoms with Gasteiger partial charge in [-0.3, -0.25) is 9.59 Å². The lowest BCUT2D eigenvalue weighted by Gasteiger charge is -2.03. The van der Waals surface area contributed by atoms with Gasteiger partial charge >= 0.3 is 0 Å². The molecule has 2 heterocycles. The molecule has 0 saturated carbocycles. The zero-order chi connectivity index (χ0) is 20.2. The van der Waals surface area contributed by atoms with E-state index in [0.717, 1.165) is 20.2 Å². The zero-order valence-corrected chi connectivity index (χ0v) is 18.1. The summed E-state index contributed by atoms with van der Waals surface area (Å²) >= 11 is 10.1. The van der Waals surface area contributed by atoms with Crippen LogP contribution in [0.3, 0.4) is 0 Å². The summed E-state index contributed by atoms with van der Waals surface area (Å²) in [6.07, 6.45) is 0. The Kier molecular flexibility index (Phi) is 6.15. The molecule has 0 radical (unpaired) electrons. The van der Waals surface area contributed by atoms with Gasteiger partial charge in [-0.1, -0.05) is 29.4 Å². The van der Waals surface area contributed by atoms with E-state index in [9.17, 15) is 9.59 Å². The molecule has 2 aromatic heterocycles. The highest BCUT2D eigenvalue weighted by Gasteiger charge is 2.11. The van der Waals surface area contributed by atoms with Crippen molar-refractivity contribution in [3.05, 3.63) is 69.9 Å². The number of anilines is 2. The van der Waals surface area contributed by atoms with Crippen molar-refractivity contribution in [2.45, 2.75) is 4.34 Å². The molecule has 9 heteroatoms. The van der Waals surface area contributed by atoms with E-state index in [1.807, 2.05) is 29.6 Å². The van der Waals surface area contributed by atoms with Crippen molar-refractivity contribution in [1.29, 1.82) is 0 Å². The maximum Gasteiger partial charge on any atom is 0.265 e. The van der Waals surface area contributed by atoms with Crippen molar-refractivity contribution in [3.8, 4) is 0 Å². The third-order valence-corrected chi connectivity index (χ3v) is 7.11. The van der Waals surface area contributed by atoms with E-state index < -0.39 is 0 Å². The van der Waals surface area contributed by atoms with Crippen molar-refractivity contribution in [1.82, 2.24) is 4.98 Å². The van der Waals surface area contributed by atoms with Gasteiger partial charge in [0.05, 0.1) is 20.8 Å². The van der Waals surface area contributed by atoms with Gasteiger partial charge in [-0.15, -0.1) is 22.7 Å². The van der Waals surface area contributed by atoms with Crippen LogP contribution in [0.4, 0.5) is 11.4 Å². The molecular weight excluding hydrogens is 446 g/mol. The number of aromatic nitrogens is 1. The molecule has 0 saturated heterocycles. The van der Waals surface area contributed by atoms with E-state index in [1.54, 1.807) is 30.3 Å². The molecule has 0 unspecified atom stereocenters. The van der Waals surface area contributed by atoms with Gasteiger partial charge < -0.3 is 10.6 Å². The molecule has 0 aliphatic heterocycles. The molecule has 0 bridgehead atoms. The third-order valence-electron chi connectivity index (χ3n) is 3.83. The highest BCUT2D eigenvalue weighted by molar-refractivity contribution is 8.01. The Bertz CT molecular complexity index is 1160. The summed E-state index contributed by atoms with van der Waals surface area (Å²) in [6, 6.07) is 16.2. The topological polar surface area (TPSA) is 71.1 Å². The van der Waals surface area contributed by atoms with Gasteiger partial charge in [-0.05, 0) is 53.9 Å². The standard InChI is InChI=1S/C20H14ClN3O2S3/c21-12-3-5-13(6-4-12)22-18(25)11-28-20-24-15-8-7-14(10-17(15)29-20)23-19(26)16-2-1-9-27-16/h1-10H,11H2,(H,22,25)(H,23,26). The predicted octanol–water partition coefficient (Wildman–Crippen LogP) is 5.99. The lowest BCUT2D eigenvalue weighted by atomic mass is 10.3. The highest BCUT2D eigenvalue weighted by Crippen LogP contribution is 2.31. The number of fused-ring (bicyclic) bond motifs is 1. The maximum atomic E-state index is 12.2. The first kappa shape index (κ1) is 19.9. The summed E-state index contributed by atoms with van der Waals surface area (Å²) in [5.74, 6) is 0.0162. The molecule has 0 spiro atoms. The number of carbonyl (C=O) groups excluding carboxylic acids is 2. The Hall–Kier alpha value is -2.39. The van der Waals surface area contributed by atoms with Crippen LogP contribution in [-0.2, 0) is 4.79 Å². The molecule has 146 valence electrons. The van der Waals surface area contributed by atoms with Crippen LogP contribution in [0.5, 0.6) is 0 Å². The van der Waals surface area contributed by atoms with Crippen molar-refractivity contribution < 1.29 is 9.59 Å². The second-order valence-corrected chi connectivity index (χ2v) is 9.57. The number of hydrogen-bond acceptors (Lipinski definition) is 6. The number of benzene rings is 2. The first-order valence-corrected chi connectivity index (χ1v) is 11.6. The number of amides is 2. The molecule has 0 aliphatic carbocycles. The summed E-state index contributed by atoms with van der Waals surface area (Å²) in [5.41, 5.74) is 2.26. The van der Waals surface area contributed by atoms with Gasteiger partial charge in [0.1, 0.15) is 0 Å². The normalized spacial score (nSPS) is 10.8. The SMILES string of the molecule is O=C(CSc1nc2ccc(NC(=O)c3cccs3)cc2s1)Nc1ccc(Cl)cc1. The van der Waals surface area contributed by atoms with E-state index >= 15 is 0 Å². The summed E-state index contributed by atoms with van der Waals surface area (Å²) < 4.78 is 1.75. The smallest absolute Gasteiger partial charge is 0.265 e. The molecule has 0 atom stereocenters. The number of thiazole rings is 1. The number of thioether (sulfide) groups is 1. The number of thiophene rings is 1. The van der Waals surface area contributed by atoms with Crippen LogP contribution in [-0.4, -0.2) is 22.6 Å². The van der Waals surface area contributed by atoms with Crippen LogP contribution < -0.4 is 10.6 Å². The fourth-order valence-corrected chi connectivity index (χ4v) is 5.15. The molecule has 2 amide bonds. The maximum absolute atomic E-state index is 12.2. The second-order valence-electron chi connectivity index (χ2n) is 5.94. The lowest BCUT2D eigenvalue weighted by molar-refractivity contribution is -0.113. The molecule has 0 aliphatic rings. The van der Waals surface area contributed by atoms with Crippen molar-refractivity contribution in [2.24, 2.45) is 0 Å². The fraction of sp³-hybridized carbons (Fsp3) is 0.0500. The molecular formula is C20H14ClN3O2S3. The number of carbonyl (C=O) groups is 2. The fourth-order valence-electron chi connectivity index (χ4n) is 2.50. The molecule has 5 nitrogen and oxygen atoms in total. The van der Waals surface area contributed by atoms with Crippen molar-refractivity contribution in [3.63, 3.8) is 0 Å². The minimum absolute atomic E-state index is 0.111. The zero-order valence-electron chi connectivity index (χ0n) is 14.8. The first-order chi connectivity index (χ1) is 14.1. The number of hydrogen-bond donors (Lipinski definition) is 2. The van der Waals surface area contributed by atoms with E-state index in [1.165, 1.54) is 34.4 Å². The molecule has 2 aromatic carbocycles. The van der Waals surface area contributed by atoms with Crippen molar-refractivity contribution in [2.75, 3.05) is 16.4 Å². The summed E-state index contributed by atoms with van der Waals surface area (Å²) in [4.78, 5) is 29.5. The van der Waals surface area contributed by atoms with Crippen LogP contribution in [0, 0.1) is 0 Å². The van der Waals surface area contributed by atoms with E-state index in [0.29, 0.717) is 15.6 Å². The van der Waals surface area contributed by atoms with Crippen LogP contribution in [0.15, 0.2) is 64.3 Å².